The SMILES string of the molecule is Cc1c(F)cccc1Cc1c(CO)nc2c(C)cc(N3CCOCC3)nn12. The molecule has 0 radical (unpaired) electrons. The van der Waals surface area contributed by atoms with Crippen molar-refractivity contribution in [3.05, 3.63) is 58.2 Å². The van der Waals surface area contributed by atoms with Crippen molar-refractivity contribution >= 4 is 11.5 Å². The van der Waals surface area contributed by atoms with Crippen LogP contribution in [0.3, 0.4) is 0 Å². The first kappa shape index (κ1) is 17.9. The maximum atomic E-state index is 14.0. The van der Waals surface area contributed by atoms with E-state index in [1.54, 1.807) is 17.5 Å². The van der Waals surface area contributed by atoms with Crippen LogP contribution in [0.5, 0.6) is 0 Å². The molecular formula is C20H23FN4O2. The smallest absolute Gasteiger partial charge is 0.157 e. The van der Waals surface area contributed by atoms with Crippen molar-refractivity contribution in [2.75, 3.05) is 31.2 Å². The van der Waals surface area contributed by atoms with Gasteiger partial charge in [-0.3, -0.25) is 0 Å². The molecule has 0 aliphatic carbocycles. The van der Waals surface area contributed by atoms with Gasteiger partial charge in [0.25, 0.3) is 0 Å². The summed E-state index contributed by atoms with van der Waals surface area (Å²) in [6, 6.07) is 7.08. The van der Waals surface area contributed by atoms with Crippen LogP contribution in [0.1, 0.15) is 28.1 Å². The predicted molar refractivity (Wildman–Crippen MR) is 101 cm³/mol. The van der Waals surface area contributed by atoms with Crippen LogP contribution in [0.2, 0.25) is 0 Å². The quantitative estimate of drug-likeness (QED) is 0.764. The molecule has 27 heavy (non-hydrogen) atoms. The number of aromatic nitrogens is 3. The van der Waals surface area contributed by atoms with Gasteiger partial charge in [-0.15, -0.1) is 5.10 Å². The Labute approximate surface area is 157 Å². The minimum atomic E-state index is -0.231. The molecule has 3 heterocycles. The average molecular weight is 370 g/mol. The number of aliphatic hydroxyl groups excluding tert-OH is 1. The highest BCUT2D eigenvalue weighted by Gasteiger charge is 2.20. The van der Waals surface area contributed by atoms with Gasteiger partial charge in [0.2, 0.25) is 0 Å². The highest BCUT2D eigenvalue weighted by atomic mass is 19.1. The van der Waals surface area contributed by atoms with Crippen molar-refractivity contribution < 1.29 is 14.2 Å². The summed E-state index contributed by atoms with van der Waals surface area (Å²) in [4.78, 5) is 6.76. The van der Waals surface area contributed by atoms with E-state index in [2.05, 4.69) is 9.88 Å². The van der Waals surface area contributed by atoms with Gasteiger partial charge in [0, 0.05) is 19.5 Å². The third kappa shape index (κ3) is 3.28. The molecule has 1 aliphatic rings. The Hall–Kier alpha value is -2.51. The van der Waals surface area contributed by atoms with Crippen LogP contribution in [-0.2, 0) is 17.8 Å². The Balaban J connectivity index is 1.82. The molecule has 4 rings (SSSR count). The number of imidazole rings is 1. The monoisotopic (exact) mass is 370 g/mol. The molecule has 0 atom stereocenters. The molecule has 1 aliphatic heterocycles. The molecular weight excluding hydrogens is 347 g/mol. The van der Waals surface area contributed by atoms with E-state index in [1.807, 2.05) is 19.1 Å². The van der Waals surface area contributed by atoms with Crippen molar-refractivity contribution in [3.63, 3.8) is 0 Å². The lowest BCUT2D eigenvalue weighted by Gasteiger charge is -2.28. The molecule has 3 aromatic rings. The molecule has 2 aromatic heterocycles. The van der Waals surface area contributed by atoms with Gasteiger partial charge in [-0.1, -0.05) is 12.1 Å². The number of hydrogen-bond donors (Lipinski definition) is 1. The van der Waals surface area contributed by atoms with Gasteiger partial charge >= 0.3 is 0 Å². The summed E-state index contributed by atoms with van der Waals surface area (Å²) >= 11 is 0. The lowest BCUT2D eigenvalue weighted by atomic mass is 10.0. The largest absolute Gasteiger partial charge is 0.390 e. The summed E-state index contributed by atoms with van der Waals surface area (Å²) < 4.78 is 21.2. The summed E-state index contributed by atoms with van der Waals surface area (Å²) in [6.07, 6.45) is 0.458. The second-order valence-corrected chi connectivity index (χ2v) is 6.88. The average Bonchev–Trinajstić information content (AvgIpc) is 3.04. The van der Waals surface area contributed by atoms with E-state index in [-0.39, 0.29) is 12.4 Å². The molecule has 0 bridgehead atoms. The summed E-state index contributed by atoms with van der Waals surface area (Å²) in [6.45, 7) is 6.52. The van der Waals surface area contributed by atoms with Crippen LogP contribution in [0, 0.1) is 19.7 Å². The second kappa shape index (κ2) is 7.25. The molecule has 7 heteroatoms. The Morgan fingerprint density at radius 3 is 2.74 bits per heavy atom. The van der Waals surface area contributed by atoms with Gasteiger partial charge in [0.1, 0.15) is 11.6 Å². The van der Waals surface area contributed by atoms with Crippen LogP contribution < -0.4 is 4.90 Å². The van der Waals surface area contributed by atoms with Crippen LogP contribution in [0.4, 0.5) is 10.2 Å². The van der Waals surface area contributed by atoms with Gasteiger partial charge in [-0.25, -0.2) is 13.9 Å². The van der Waals surface area contributed by atoms with Crippen LogP contribution in [-0.4, -0.2) is 46.0 Å². The Kier molecular flexibility index (Phi) is 4.80. The van der Waals surface area contributed by atoms with E-state index in [0.717, 1.165) is 41.4 Å². The van der Waals surface area contributed by atoms with Gasteiger partial charge in [0.05, 0.1) is 31.2 Å². The van der Waals surface area contributed by atoms with E-state index in [9.17, 15) is 9.50 Å². The number of benzene rings is 1. The Morgan fingerprint density at radius 2 is 2.00 bits per heavy atom. The lowest BCUT2D eigenvalue weighted by Crippen LogP contribution is -2.37. The first-order valence-corrected chi connectivity index (χ1v) is 9.14. The molecule has 1 fully saturated rings. The summed E-state index contributed by atoms with van der Waals surface area (Å²) in [5.74, 6) is 0.632. The zero-order valence-electron chi connectivity index (χ0n) is 15.6. The van der Waals surface area contributed by atoms with E-state index in [0.29, 0.717) is 30.9 Å². The Bertz CT molecular complexity index is 980. The molecule has 0 amide bonds. The van der Waals surface area contributed by atoms with Crippen LogP contribution >= 0.6 is 0 Å². The fourth-order valence-corrected chi connectivity index (χ4v) is 3.52. The number of nitrogens with zero attached hydrogens (tertiary/aromatic N) is 4. The number of anilines is 1. The van der Waals surface area contributed by atoms with Crippen LogP contribution in [0.15, 0.2) is 24.3 Å². The van der Waals surface area contributed by atoms with E-state index in [1.165, 1.54) is 6.07 Å². The first-order chi connectivity index (χ1) is 13.1. The highest BCUT2D eigenvalue weighted by Crippen LogP contribution is 2.24. The van der Waals surface area contributed by atoms with Crippen molar-refractivity contribution in [2.24, 2.45) is 0 Å². The van der Waals surface area contributed by atoms with E-state index in [4.69, 9.17) is 9.84 Å². The molecule has 0 saturated carbocycles. The third-order valence-corrected chi connectivity index (χ3v) is 5.15. The summed E-state index contributed by atoms with van der Waals surface area (Å²) in [5.41, 5.74) is 4.55. The number of halogens is 1. The topological polar surface area (TPSA) is 62.9 Å². The lowest BCUT2D eigenvalue weighted by molar-refractivity contribution is 0.122. The number of ether oxygens (including phenoxy) is 1. The maximum absolute atomic E-state index is 14.0. The number of hydrogen-bond acceptors (Lipinski definition) is 5. The normalized spacial score (nSPS) is 14.9. The first-order valence-electron chi connectivity index (χ1n) is 9.14. The maximum Gasteiger partial charge on any atom is 0.157 e. The van der Waals surface area contributed by atoms with E-state index < -0.39 is 0 Å². The molecule has 1 saturated heterocycles. The third-order valence-electron chi connectivity index (χ3n) is 5.15. The second-order valence-electron chi connectivity index (χ2n) is 6.88. The zero-order valence-corrected chi connectivity index (χ0v) is 15.6. The van der Waals surface area contributed by atoms with Crippen molar-refractivity contribution in [3.8, 4) is 0 Å². The van der Waals surface area contributed by atoms with Crippen LogP contribution in [0.25, 0.3) is 5.65 Å². The number of fused-ring (bicyclic) bond motifs is 1. The van der Waals surface area contributed by atoms with Crippen molar-refractivity contribution in [1.29, 1.82) is 0 Å². The number of aliphatic hydroxyl groups is 1. The van der Waals surface area contributed by atoms with Gasteiger partial charge in [-0.05, 0) is 42.7 Å². The van der Waals surface area contributed by atoms with Gasteiger partial charge < -0.3 is 14.7 Å². The molecule has 142 valence electrons. The predicted octanol–water partition coefficient (Wildman–Crippen LogP) is 2.40. The fourth-order valence-electron chi connectivity index (χ4n) is 3.52. The number of morpholine rings is 1. The zero-order chi connectivity index (χ0) is 19.0. The number of aryl methyl sites for hydroxylation is 1. The summed E-state index contributed by atoms with van der Waals surface area (Å²) in [5, 5.41) is 14.6. The standard InChI is InChI=1S/C20H23FN4O2/c1-13-10-19(24-6-8-27-9-7-24)23-25-18(17(12-26)22-20(13)25)11-15-4-3-5-16(21)14(15)2/h3-5,10,26H,6-9,11-12H2,1-2H3. The van der Waals surface area contributed by atoms with Gasteiger partial charge in [0.15, 0.2) is 5.65 Å². The van der Waals surface area contributed by atoms with E-state index >= 15 is 0 Å². The van der Waals surface area contributed by atoms with Gasteiger partial charge in [-0.2, -0.15) is 0 Å². The minimum Gasteiger partial charge on any atom is -0.390 e. The number of rotatable bonds is 4. The minimum absolute atomic E-state index is 0.181. The Morgan fingerprint density at radius 1 is 1.22 bits per heavy atom. The van der Waals surface area contributed by atoms with Crippen molar-refractivity contribution in [2.45, 2.75) is 26.9 Å². The molecule has 0 spiro atoms. The van der Waals surface area contributed by atoms with Crippen molar-refractivity contribution in [1.82, 2.24) is 14.6 Å². The highest BCUT2D eigenvalue weighted by molar-refractivity contribution is 5.55. The molecule has 6 nitrogen and oxygen atoms in total. The summed E-state index contributed by atoms with van der Waals surface area (Å²) in [7, 11) is 0. The molecule has 0 unspecified atom stereocenters. The fraction of sp³-hybridized carbons (Fsp3) is 0.400. The molecule has 1 N–H and O–H groups in total. The molecule has 1 aromatic carbocycles.